The van der Waals surface area contributed by atoms with Gasteiger partial charge in [0.25, 0.3) is 0 Å². The zero-order chi connectivity index (χ0) is 18.5. The van der Waals surface area contributed by atoms with Gasteiger partial charge >= 0.3 is 0 Å². The quantitative estimate of drug-likeness (QED) is 0.611. The summed E-state index contributed by atoms with van der Waals surface area (Å²) in [4.78, 5) is 24.4. The van der Waals surface area contributed by atoms with Crippen molar-refractivity contribution in [1.82, 2.24) is 21.7 Å². The average molecular weight is 377 g/mol. The van der Waals surface area contributed by atoms with Crippen molar-refractivity contribution in [3.8, 4) is 0 Å². The number of nitrogens with one attached hydrogen (secondary N) is 4. The van der Waals surface area contributed by atoms with E-state index < -0.39 is 5.92 Å². The molecular weight excluding hydrogens is 359 g/mol. The molecule has 1 saturated heterocycles. The lowest BCUT2D eigenvalue weighted by atomic mass is 9.94. The maximum absolute atomic E-state index is 13.1. The van der Waals surface area contributed by atoms with Crippen LogP contribution in [0.3, 0.4) is 0 Å². The van der Waals surface area contributed by atoms with Gasteiger partial charge in [0, 0.05) is 11.6 Å². The van der Waals surface area contributed by atoms with Crippen LogP contribution in [-0.2, 0) is 16.0 Å². The lowest BCUT2D eigenvalue weighted by molar-refractivity contribution is -0.131. The highest BCUT2D eigenvalue weighted by molar-refractivity contribution is 6.30. The van der Waals surface area contributed by atoms with Crippen LogP contribution in [0.1, 0.15) is 17.2 Å². The Bertz CT molecular complexity index is 783. The number of halogens is 2. The lowest BCUT2D eigenvalue weighted by Gasteiger charge is -2.18. The molecule has 2 unspecified atom stereocenters. The summed E-state index contributed by atoms with van der Waals surface area (Å²) in [5.74, 6) is -1.45. The van der Waals surface area contributed by atoms with Gasteiger partial charge in [-0.1, -0.05) is 35.9 Å². The van der Waals surface area contributed by atoms with E-state index in [1.54, 1.807) is 36.4 Å². The molecule has 1 aliphatic rings. The normalized spacial score (nSPS) is 19.2. The largest absolute Gasteiger partial charge is 0.273 e. The minimum absolute atomic E-state index is 0.125. The maximum Gasteiger partial charge on any atom is 0.244 e. The summed E-state index contributed by atoms with van der Waals surface area (Å²) in [7, 11) is 0. The molecule has 26 heavy (non-hydrogen) atoms. The fraction of sp³-hybridized carbons (Fsp3) is 0.222. The Hall–Kier alpha value is -2.48. The molecule has 8 heteroatoms. The summed E-state index contributed by atoms with van der Waals surface area (Å²) >= 11 is 5.81. The molecule has 1 fully saturated rings. The van der Waals surface area contributed by atoms with Crippen LogP contribution >= 0.6 is 11.6 Å². The van der Waals surface area contributed by atoms with Gasteiger partial charge in [-0.05, 0) is 35.4 Å². The molecule has 3 rings (SSSR count). The highest BCUT2D eigenvalue weighted by atomic mass is 35.5. The van der Waals surface area contributed by atoms with Gasteiger partial charge in [0.2, 0.25) is 11.8 Å². The predicted molar refractivity (Wildman–Crippen MR) is 95.2 cm³/mol. The molecule has 136 valence electrons. The van der Waals surface area contributed by atoms with E-state index in [1.165, 1.54) is 12.1 Å². The van der Waals surface area contributed by atoms with Crippen molar-refractivity contribution in [2.45, 2.75) is 12.5 Å². The second kappa shape index (κ2) is 8.27. The highest BCUT2D eigenvalue weighted by Crippen LogP contribution is 2.25. The molecule has 0 radical (unpaired) electrons. The van der Waals surface area contributed by atoms with E-state index in [9.17, 15) is 14.0 Å². The monoisotopic (exact) mass is 376 g/mol. The molecule has 0 aromatic heterocycles. The molecule has 0 saturated carbocycles. The average Bonchev–Trinajstić information content (AvgIpc) is 3.12. The minimum Gasteiger partial charge on any atom is -0.273 e. The van der Waals surface area contributed by atoms with Gasteiger partial charge in [-0.3, -0.25) is 25.9 Å². The van der Waals surface area contributed by atoms with Crippen LogP contribution in [0.25, 0.3) is 0 Å². The molecule has 2 aromatic carbocycles. The first-order valence-electron chi connectivity index (χ1n) is 8.10. The number of rotatable bonds is 4. The Morgan fingerprint density at radius 3 is 2.46 bits per heavy atom. The number of carbonyl (C=O) groups excluding carboxylic acids is 2. The first kappa shape index (κ1) is 18.3. The zero-order valence-electron chi connectivity index (χ0n) is 13.8. The summed E-state index contributed by atoms with van der Waals surface area (Å²) in [5, 5.41) is 0.593. The maximum atomic E-state index is 13.1. The molecule has 1 heterocycles. The summed E-state index contributed by atoms with van der Waals surface area (Å²) in [6.07, 6.45) is 0.125. The molecule has 1 aliphatic heterocycles. The van der Waals surface area contributed by atoms with Crippen molar-refractivity contribution in [3.63, 3.8) is 0 Å². The van der Waals surface area contributed by atoms with Crippen LogP contribution in [0.2, 0.25) is 5.02 Å². The van der Waals surface area contributed by atoms with Gasteiger partial charge < -0.3 is 0 Å². The smallest absolute Gasteiger partial charge is 0.244 e. The van der Waals surface area contributed by atoms with Crippen molar-refractivity contribution in [3.05, 3.63) is 70.5 Å². The van der Waals surface area contributed by atoms with E-state index in [0.717, 1.165) is 11.1 Å². The van der Waals surface area contributed by atoms with Crippen LogP contribution < -0.4 is 21.7 Å². The van der Waals surface area contributed by atoms with E-state index in [-0.39, 0.29) is 30.1 Å². The Labute approximate surface area is 155 Å². The van der Waals surface area contributed by atoms with Crippen LogP contribution in [0.5, 0.6) is 0 Å². The third-order valence-corrected chi connectivity index (χ3v) is 4.40. The van der Waals surface area contributed by atoms with Crippen LogP contribution in [0, 0.1) is 11.7 Å². The SMILES string of the molecule is O=C(Cc1ccc(Cl)cc1)NNC(=O)C1CNNC1c1ccc(F)cc1. The second-order valence-corrected chi connectivity index (χ2v) is 6.44. The van der Waals surface area contributed by atoms with Gasteiger partial charge in [0.15, 0.2) is 0 Å². The van der Waals surface area contributed by atoms with Gasteiger partial charge in [-0.2, -0.15) is 0 Å². The third kappa shape index (κ3) is 4.57. The van der Waals surface area contributed by atoms with Gasteiger partial charge in [0.1, 0.15) is 5.82 Å². The van der Waals surface area contributed by atoms with Gasteiger partial charge in [0.05, 0.1) is 18.4 Å². The van der Waals surface area contributed by atoms with E-state index in [2.05, 4.69) is 21.7 Å². The molecule has 0 aliphatic carbocycles. The summed E-state index contributed by atoms with van der Waals surface area (Å²) in [6, 6.07) is 12.5. The standard InChI is InChI=1S/C18H18ClFN4O2/c19-13-5-1-11(2-6-13)9-16(25)22-24-18(26)15-10-21-23-17(15)12-3-7-14(20)8-4-12/h1-8,15,17,21,23H,9-10H2,(H,22,25)(H,24,26). The Morgan fingerprint density at radius 1 is 1.08 bits per heavy atom. The Kier molecular flexibility index (Phi) is 5.82. The number of hydrazine groups is 2. The number of benzene rings is 2. The zero-order valence-corrected chi connectivity index (χ0v) is 14.5. The van der Waals surface area contributed by atoms with Crippen molar-refractivity contribution < 1.29 is 14.0 Å². The first-order valence-corrected chi connectivity index (χ1v) is 8.48. The van der Waals surface area contributed by atoms with E-state index in [0.29, 0.717) is 11.6 Å². The molecule has 0 bridgehead atoms. The van der Waals surface area contributed by atoms with E-state index in [4.69, 9.17) is 11.6 Å². The second-order valence-electron chi connectivity index (χ2n) is 6.00. The Balaban J connectivity index is 1.54. The minimum atomic E-state index is -0.448. The van der Waals surface area contributed by atoms with Crippen molar-refractivity contribution in [2.24, 2.45) is 5.92 Å². The van der Waals surface area contributed by atoms with Crippen LogP contribution in [0.4, 0.5) is 4.39 Å². The number of hydrogen-bond donors (Lipinski definition) is 4. The molecule has 2 atom stereocenters. The fourth-order valence-electron chi connectivity index (χ4n) is 2.78. The van der Waals surface area contributed by atoms with Crippen LogP contribution in [-0.4, -0.2) is 18.4 Å². The molecule has 0 spiro atoms. The first-order chi connectivity index (χ1) is 12.5. The summed E-state index contributed by atoms with van der Waals surface area (Å²) in [5.41, 5.74) is 12.4. The van der Waals surface area contributed by atoms with Crippen molar-refractivity contribution >= 4 is 23.4 Å². The van der Waals surface area contributed by atoms with E-state index >= 15 is 0 Å². The molecule has 2 aromatic rings. The van der Waals surface area contributed by atoms with Crippen LogP contribution in [0.15, 0.2) is 48.5 Å². The number of hydrogen-bond acceptors (Lipinski definition) is 4. The van der Waals surface area contributed by atoms with Crippen molar-refractivity contribution in [1.29, 1.82) is 0 Å². The van der Waals surface area contributed by atoms with Gasteiger partial charge in [-0.15, -0.1) is 0 Å². The molecular formula is C18H18ClFN4O2. The third-order valence-electron chi connectivity index (χ3n) is 4.15. The van der Waals surface area contributed by atoms with E-state index in [1.807, 2.05) is 0 Å². The molecule has 4 N–H and O–H groups in total. The van der Waals surface area contributed by atoms with Crippen molar-refractivity contribution in [2.75, 3.05) is 6.54 Å². The summed E-state index contributed by atoms with van der Waals surface area (Å²) in [6.45, 7) is 0.390. The topological polar surface area (TPSA) is 82.3 Å². The highest BCUT2D eigenvalue weighted by Gasteiger charge is 2.34. The predicted octanol–water partition coefficient (Wildman–Crippen LogP) is 1.63. The summed E-state index contributed by atoms with van der Waals surface area (Å²) < 4.78 is 13.1. The number of amides is 2. The Morgan fingerprint density at radius 2 is 1.77 bits per heavy atom. The molecule has 2 amide bonds. The number of carbonyl (C=O) groups is 2. The fourth-order valence-corrected chi connectivity index (χ4v) is 2.91. The van der Waals surface area contributed by atoms with Gasteiger partial charge in [-0.25, -0.2) is 9.82 Å². The molecule has 6 nitrogen and oxygen atoms in total. The lowest BCUT2D eigenvalue weighted by Crippen LogP contribution is -2.46.